The average molecular weight is 225 g/mol. The highest BCUT2D eigenvalue weighted by Gasteiger charge is 2.03. The fourth-order valence-electron chi connectivity index (χ4n) is 1.47. The Morgan fingerprint density at radius 2 is 1.76 bits per heavy atom. The molecular formula is C14H13N2O. The van der Waals surface area contributed by atoms with E-state index in [2.05, 4.69) is 16.7 Å². The fourth-order valence-corrected chi connectivity index (χ4v) is 1.47. The Labute approximate surface area is 100 Å². The number of rotatable bonds is 2. The van der Waals surface area contributed by atoms with Gasteiger partial charge in [0.05, 0.1) is 0 Å². The predicted molar refractivity (Wildman–Crippen MR) is 69.1 cm³/mol. The SMILES string of the molecule is Cc1ccccc1NC(=O)Nc1cc[c]cc1. The molecule has 2 rings (SSSR count). The average Bonchev–Trinajstić information content (AvgIpc) is 2.33. The Morgan fingerprint density at radius 1 is 1.06 bits per heavy atom. The summed E-state index contributed by atoms with van der Waals surface area (Å²) in [4.78, 5) is 11.7. The van der Waals surface area contributed by atoms with Gasteiger partial charge >= 0.3 is 6.03 Å². The third-order valence-electron chi connectivity index (χ3n) is 2.37. The van der Waals surface area contributed by atoms with Crippen molar-refractivity contribution in [2.45, 2.75) is 6.92 Å². The number of amides is 2. The summed E-state index contributed by atoms with van der Waals surface area (Å²) in [5.74, 6) is 0. The fraction of sp³-hybridized carbons (Fsp3) is 0.0714. The van der Waals surface area contributed by atoms with Crippen LogP contribution in [0.15, 0.2) is 48.5 Å². The standard InChI is InChI=1S/C14H13N2O/c1-11-7-5-6-10-13(11)16-14(17)15-12-8-3-2-4-9-12/h3-10H,1H3,(H2,15,16,17). The van der Waals surface area contributed by atoms with Gasteiger partial charge in [-0.15, -0.1) is 0 Å². The Balaban J connectivity index is 2.01. The molecule has 0 saturated heterocycles. The molecule has 0 bridgehead atoms. The lowest BCUT2D eigenvalue weighted by atomic mass is 10.2. The molecule has 0 aliphatic rings. The number of aryl methyl sites for hydroxylation is 1. The van der Waals surface area contributed by atoms with Crippen LogP contribution in [0.25, 0.3) is 0 Å². The molecule has 85 valence electrons. The Bertz CT molecular complexity index is 509. The first kappa shape index (κ1) is 11.2. The Kier molecular flexibility index (Phi) is 3.40. The lowest BCUT2D eigenvalue weighted by molar-refractivity contribution is 0.262. The third kappa shape index (κ3) is 3.08. The zero-order chi connectivity index (χ0) is 12.1. The van der Waals surface area contributed by atoms with Gasteiger partial charge in [-0.25, -0.2) is 4.79 Å². The first-order valence-corrected chi connectivity index (χ1v) is 5.35. The molecule has 3 nitrogen and oxygen atoms in total. The van der Waals surface area contributed by atoms with Gasteiger partial charge in [0.15, 0.2) is 0 Å². The van der Waals surface area contributed by atoms with Crippen molar-refractivity contribution in [2.75, 3.05) is 10.6 Å². The summed E-state index contributed by atoms with van der Waals surface area (Å²) >= 11 is 0. The van der Waals surface area contributed by atoms with E-state index in [4.69, 9.17) is 0 Å². The van der Waals surface area contributed by atoms with E-state index in [0.717, 1.165) is 16.9 Å². The normalized spacial score (nSPS) is 9.71. The van der Waals surface area contributed by atoms with Crippen LogP contribution in [0.1, 0.15) is 5.56 Å². The molecule has 2 amide bonds. The number of hydrogen-bond donors (Lipinski definition) is 2. The van der Waals surface area contributed by atoms with Gasteiger partial charge in [-0.1, -0.05) is 30.3 Å². The van der Waals surface area contributed by atoms with Crippen molar-refractivity contribution < 1.29 is 4.79 Å². The molecule has 17 heavy (non-hydrogen) atoms. The van der Waals surface area contributed by atoms with E-state index in [0.29, 0.717) is 0 Å². The van der Waals surface area contributed by atoms with E-state index < -0.39 is 0 Å². The molecule has 0 atom stereocenters. The van der Waals surface area contributed by atoms with Crippen LogP contribution in [-0.2, 0) is 0 Å². The van der Waals surface area contributed by atoms with Crippen LogP contribution in [0, 0.1) is 13.0 Å². The van der Waals surface area contributed by atoms with Crippen LogP contribution in [0.5, 0.6) is 0 Å². The van der Waals surface area contributed by atoms with E-state index in [9.17, 15) is 4.79 Å². The maximum absolute atomic E-state index is 11.7. The molecule has 0 aliphatic heterocycles. The number of hydrogen-bond acceptors (Lipinski definition) is 1. The van der Waals surface area contributed by atoms with E-state index in [1.165, 1.54) is 0 Å². The minimum absolute atomic E-state index is 0.245. The summed E-state index contributed by atoms with van der Waals surface area (Å²) in [6.07, 6.45) is 0. The van der Waals surface area contributed by atoms with E-state index in [1.807, 2.05) is 31.2 Å². The molecule has 0 fully saturated rings. The van der Waals surface area contributed by atoms with Gasteiger partial charge in [0.25, 0.3) is 0 Å². The summed E-state index contributed by atoms with van der Waals surface area (Å²) < 4.78 is 0. The van der Waals surface area contributed by atoms with Crippen molar-refractivity contribution in [3.05, 3.63) is 60.2 Å². The van der Waals surface area contributed by atoms with Gasteiger partial charge in [0, 0.05) is 11.4 Å². The number of carbonyl (C=O) groups is 1. The van der Waals surface area contributed by atoms with Gasteiger partial charge in [-0.05, 0) is 36.8 Å². The molecule has 2 aromatic carbocycles. The van der Waals surface area contributed by atoms with E-state index in [-0.39, 0.29) is 6.03 Å². The molecule has 0 aromatic heterocycles. The van der Waals surface area contributed by atoms with Crippen molar-refractivity contribution in [3.8, 4) is 0 Å². The first-order valence-electron chi connectivity index (χ1n) is 5.35. The molecule has 0 unspecified atom stereocenters. The Hall–Kier alpha value is -2.29. The second kappa shape index (κ2) is 5.16. The number of urea groups is 1. The number of carbonyl (C=O) groups excluding carboxylic acids is 1. The number of para-hydroxylation sites is 1. The second-order valence-electron chi connectivity index (χ2n) is 3.68. The van der Waals surface area contributed by atoms with Crippen molar-refractivity contribution in [2.24, 2.45) is 0 Å². The number of benzene rings is 2. The van der Waals surface area contributed by atoms with Gasteiger partial charge in [-0.3, -0.25) is 0 Å². The Morgan fingerprint density at radius 3 is 2.47 bits per heavy atom. The van der Waals surface area contributed by atoms with Crippen LogP contribution < -0.4 is 10.6 Å². The molecule has 0 saturated carbocycles. The minimum Gasteiger partial charge on any atom is -0.308 e. The highest BCUT2D eigenvalue weighted by atomic mass is 16.2. The first-order chi connectivity index (χ1) is 8.25. The van der Waals surface area contributed by atoms with Crippen LogP contribution >= 0.6 is 0 Å². The maximum atomic E-state index is 11.7. The van der Waals surface area contributed by atoms with Crippen LogP contribution in [0.2, 0.25) is 0 Å². The predicted octanol–water partition coefficient (Wildman–Crippen LogP) is 3.44. The maximum Gasteiger partial charge on any atom is 0.323 e. The van der Waals surface area contributed by atoms with Crippen LogP contribution in [0.3, 0.4) is 0 Å². The molecule has 0 spiro atoms. The van der Waals surface area contributed by atoms with Gasteiger partial charge in [-0.2, -0.15) is 0 Å². The highest BCUT2D eigenvalue weighted by Crippen LogP contribution is 2.13. The quantitative estimate of drug-likeness (QED) is 0.807. The van der Waals surface area contributed by atoms with Crippen LogP contribution in [-0.4, -0.2) is 6.03 Å². The highest BCUT2D eigenvalue weighted by molar-refractivity contribution is 6.00. The summed E-state index contributed by atoms with van der Waals surface area (Å²) in [6, 6.07) is 17.4. The summed E-state index contributed by atoms with van der Waals surface area (Å²) in [5.41, 5.74) is 2.59. The molecule has 0 aliphatic carbocycles. The zero-order valence-corrected chi connectivity index (χ0v) is 9.53. The summed E-state index contributed by atoms with van der Waals surface area (Å²) in [7, 11) is 0. The molecule has 2 aromatic rings. The van der Waals surface area contributed by atoms with Crippen molar-refractivity contribution in [1.29, 1.82) is 0 Å². The van der Waals surface area contributed by atoms with Gasteiger partial charge in [0.1, 0.15) is 0 Å². The van der Waals surface area contributed by atoms with Crippen molar-refractivity contribution in [3.63, 3.8) is 0 Å². The van der Waals surface area contributed by atoms with E-state index >= 15 is 0 Å². The lowest BCUT2D eigenvalue weighted by Gasteiger charge is -2.09. The van der Waals surface area contributed by atoms with Gasteiger partial charge in [0.2, 0.25) is 0 Å². The minimum atomic E-state index is -0.245. The summed E-state index contributed by atoms with van der Waals surface area (Å²) in [5, 5.41) is 5.55. The summed E-state index contributed by atoms with van der Waals surface area (Å²) in [6.45, 7) is 1.95. The monoisotopic (exact) mass is 225 g/mol. The zero-order valence-electron chi connectivity index (χ0n) is 9.53. The molecule has 0 heterocycles. The molecule has 1 radical (unpaired) electrons. The lowest BCUT2D eigenvalue weighted by Crippen LogP contribution is -2.19. The van der Waals surface area contributed by atoms with Crippen molar-refractivity contribution in [1.82, 2.24) is 0 Å². The molecule has 3 heteroatoms. The second-order valence-corrected chi connectivity index (χ2v) is 3.68. The molecular weight excluding hydrogens is 212 g/mol. The topological polar surface area (TPSA) is 41.1 Å². The third-order valence-corrected chi connectivity index (χ3v) is 2.37. The molecule has 2 N–H and O–H groups in total. The number of nitrogens with one attached hydrogen (secondary N) is 2. The van der Waals surface area contributed by atoms with E-state index in [1.54, 1.807) is 24.3 Å². The van der Waals surface area contributed by atoms with Crippen molar-refractivity contribution >= 4 is 17.4 Å². The smallest absolute Gasteiger partial charge is 0.308 e. The van der Waals surface area contributed by atoms with Gasteiger partial charge < -0.3 is 10.6 Å². The number of anilines is 2. The largest absolute Gasteiger partial charge is 0.323 e. The van der Waals surface area contributed by atoms with Crippen LogP contribution in [0.4, 0.5) is 16.2 Å².